The van der Waals surface area contributed by atoms with Crippen LogP contribution < -0.4 is 0 Å². The Morgan fingerprint density at radius 2 is 2.20 bits per heavy atom. The fraction of sp³-hybridized carbons (Fsp3) is 0.467. The molecule has 2 heterocycles. The largest absolute Gasteiger partial charge is 0.375 e. The van der Waals surface area contributed by atoms with Gasteiger partial charge in [-0.3, -0.25) is 9.67 Å². The standard InChI is InChI=1S/C15H18BrN3O/c1-2-19-8-13(7-18-19)12-5-14(16)15(17-6-12)10-20-9-11-3-4-11/h5-8,11H,2-4,9-10H2,1H3. The fourth-order valence-corrected chi connectivity index (χ4v) is 2.49. The van der Waals surface area contributed by atoms with Gasteiger partial charge in [-0.25, -0.2) is 0 Å². The minimum absolute atomic E-state index is 0.575. The van der Waals surface area contributed by atoms with Gasteiger partial charge in [0, 0.05) is 41.1 Å². The number of rotatable bonds is 6. The van der Waals surface area contributed by atoms with Crippen LogP contribution in [-0.2, 0) is 17.9 Å². The minimum Gasteiger partial charge on any atom is -0.375 e. The Kier molecular flexibility index (Phi) is 4.17. The van der Waals surface area contributed by atoms with Crippen molar-refractivity contribution in [1.29, 1.82) is 0 Å². The zero-order chi connectivity index (χ0) is 13.9. The molecule has 0 spiro atoms. The number of aryl methyl sites for hydroxylation is 1. The van der Waals surface area contributed by atoms with E-state index in [0.717, 1.165) is 40.4 Å². The highest BCUT2D eigenvalue weighted by Crippen LogP contribution is 2.29. The molecule has 1 fully saturated rings. The van der Waals surface area contributed by atoms with Crippen molar-refractivity contribution in [3.63, 3.8) is 0 Å². The average Bonchev–Trinajstić information content (AvgIpc) is 3.15. The monoisotopic (exact) mass is 335 g/mol. The predicted molar refractivity (Wildman–Crippen MR) is 81.2 cm³/mol. The molecule has 0 bridgehead atoms. The highest BCUT2D eigenvalue weighted by atomic mass is 79.9. The van der Waals surface area contributed by atoms with Crippen LogP contribution in [0.25, 0.3) is 11.1 Å². The van der Waals surface area contributed by atoms with Crippen molar-refractivity contribution in [3.8, 4) is 11.1 Å². The first-order chi connectivity index (χ1) is 9.76. The average molecular weight is 336 g/mol. The van der Waals surface area contributed by atoms with E-state index in [1.807, 2.05) is 23.3 Å². The number of ether oxygens (including phenoxy) is 1. The molecule has 1 aliphatic carbocycles. The van der Waals surface area contributed by atoms with Crippen molar-refractivity contribution >= 4 is 15.9 Å². The molecular formula is C15H18BrN3O. The summed E-state index contributed by atoms with van der Waals surface area (Å²) in [4.78, 5) is 4.50. The van der Waals surface area contributed by atoms with E-state index in [2.05, 4.69) is 39.0 Å². The summed E-state index contributed by atoms with van der Waals surface area (Å²) in [6.07, 6.45) is 8.42. The predicted octanol–water partition coefficient (Wildman–Crippen LogP) is 3.65. The van der Waals surface area contributed by atoms with Crippen molar-refractivity contribution in [2.45, 2.75) is 32.9 Å². The Morgan fingerprint density at radius 1 is 1.35 bits per heavy atom. The summed E-state index contributed by atoms with van der Waals surface area (Å²) < 4.78 is 8.59. The normalized spacial score (nSPS) is 14.7. The van der Waals surface area contributed by atoms with Gasteiger partial charge in [0.15, 0.2) is 0 Å². The molecule has 20 heavy (non-hydrogen) atoms. The van der Waals surface area contributed by atoms with Gasteiger partial charge in [-0.05, 0) is 47.7 Å². The van der Waals surface area contributed by atoms with Crippen molar-refractivity contribution in [3.05, 3.63) is 34.8 Å². The van der Waals surface area contributed by atoms with Gasteiger partial charge in [0.2, 0.25) is 0 Å². The summed E-state index contributed by atoms with van der Waals surface area (Å²) in [6, 6.07) is 2.08. The molecular weight excluding hydrogens is 318 g/mol. The van der Waals surface area contributed by atoms with Crippen LogP contribution in [0.2, 0.25) is 0 Å². The molecule has 0 aromatic carbocycles. The molecule has 0 N–H and O–H groups in total. The molecule has 1 saturated carbocycles. The van der Waals surface area contributed by atoms with E-state index in [1.54, 1.807) is 0 Å². The minimum atomic E-state index is 0.575. The van der Waals surface area contributed by atoms with Crippen molar-refractivity contribution in [2.24, 2.45) is 5.92 Å². The lowest BCUT2D eigenvalue weighted by Gasteiger charge is -2.06. The first-order valence-electron chi connectivity index (χ1n) is 7.01. The zero-order valence-corrected chi connectivity index (χ0v) is 13.1. The topological polar surface area (TPSA) is 39.9 Å². The van der Waals surface area contributed by atoms with E-state index in [0.29, 0.717) is 6.61 Å². The van der Waals surface area contributed by atoms with Crippen LogP contribution in [-0.4, -0.2) is 21.4 Å². The van der Waals surface area contributed by atoms with E-state index in [9.17, 15) is 0 Å². The van der Waals surface area contributed by atoms with E-state index in [4.69, 9.17) is 4.74 Å². The van der Waals surface area contributed by atoms with Crippen LogP contribution in [0.3, 0.4) is 0 Å². The van der Waals surface area contributed by atoms with Gasteiger partial charge in [-0.1, -0.05) is 0 Å². The Balaban J connectivity index is 1.68. The maximum atomic E-state index is 5.68. The van der Waals surface area contributed by atoms with Crippen LogP contribution in [0.5, 0.6) is 0 Å². The lowest BCUT2D eigenvalue weighted by atomic mass is 10.1. The summed E-state index contributed by atoms with van der Waals surface area (Å²) in [5.74, 6) is 0.785. The third-order valence-electron chi connectivity index (χ3n) is 3.50. The van der Waals surface area contributed by atoms with Crippen LogP contribution in [0.15, 0.2) is 29.1 Å². The third-order valence-corrected chi connectivity index (χ3v) is 4.18. The molecule has 2 aromatic rings. The molecule has 0 saturated heterocycles. The number of hydrogen-bond acceptors (Lipinski definition) is 3. The van der Waals surface area contributed by atoms with Crippen LogP contribution in [0, 0.1) is 5.92 Å². The van der Waals surface area contributed by atoms with Crippen molar-refractivity contribution in [1.82, 2.24) is 14.8 Å². The number of halogens is 1. The van der Waals surface area contributed by atoms with Gasteiger partial charge in [0.25, 0.3) is 0 Å². The first-order valence-corrected chi connectivity index (χ1v) is 7.80. The number of nitrogens with zero attached hydrogens (tertiary/aromatic N) is 3. The van der Waals surface area contributed by atoms with Crippen molar-refractivity contribution < 1.29 is 4.74 Å². The summed E-state index contributed by atoms with van der Waals surface area (Å²) in [7, 11) is 0. The SMILES string of the molecule is CCn1cc(-c2cnc(COCC3CC3)c(Br)c2)cn1. The summed E-state index contributed by atoms with van der Waals surface area (Å²) in [6.45, 7) is 4.39. The molecule has 0 unspecified atom stereocenters. The maximum Gasteiger partial charge on any atom is 0.0899 e. The molecule has 0 aliphatic heterocycles. The smallest absolute Gasteiger partial charge is 0.0899 e. The van der Waals surface area contributed by atoms with Crippen LogP contribution in [0.4, 0.5) is 0 Å². The molecule has 106 valence electrons. The first kappa shape index (κ1) is 13.8. The fourth-order valence-electron chi connectivity index (χ4n) is 2.02. The highest BCUT2D eigenvalue weighted by molar-refractivity contribution is 9.10. The number of aromatic nitrogens is 3. The second kappa shape index (κ2) is 6.06. The Bertz CT molecular complexity index is 593. The third kappa shape index (κ3) is 3.27. The summed E-state index contributed by atoms with van der Waals surface area (Å²) >= 11 is 3.58. The molecule has 3 rings (SSSR count). The summed E-state index contributed by atoms with van der Waals surface area (Å²) in [5.41, 5.74) is 3.12. The number of pyridine rings is 1. The van der Waals surface area contributed by atoms with E-state index in [1.165, 1.54) is 12.8 Å². The highest BCUT2D eigenvalue weighted by Gasteiger charge is 2.21. The molecule has 2 aromatic heterocycles. The van der Waals surface area contributed by atoms with Crippen molar-refractivity contribution in [2.75, 3.05) is 6.61 Å². The van der Waals surface area contributed by atoms with Crippen LogP contribution in [0.1, 0.15) is 25.5 Å². The van der Waals surface area contributed by atoms with E-state index >= 15 is 0 Å². The van der Waals surface area contributed by atoms with Gasteiger partial charge >= 0.3 is 0 Å². The molecule has 0 amide bonds. The quantitative estimate of drug-likeness (QED) is 0.808. The molecule has 1 aliphatic rings. The molecule has 4 nitrogen and oxygen atoms in total. The maximum absolute atomic E-state index is 5.68. The Hall–Kier alpha value is -1.20. The Labute approximate surface area is 127 Å². The number of hydrogen-bond donors (Lipinski definition) is 0. The zero-order valence-electron chi connectivity index (χ0n) is 11.6. The molecule has 5 heteroatoms. The van der Waals surface area contributed by atoms with Gasteiger partial charge < -0.3 is 4.74 Å². The summed E-state index contributed by atoms with van der Waals surface area (Å²) in [5, 5.41) is 4.29. The van der Waals surface area contributed by atoms with Gasteiger partial charge in [0.05, 0.1) is 18.5 Å². The lowest BCUT2D eigenvalue weighted by Crippen LogP contribution is -2.00. The molecule has 0 radical (unpaired) electrons. The second-order valence-corrected chi connectivity index (χ2v) is 6.05. The van der Waals surface area contributed by atoms with E-state index in [-0.39, 0.29) is 0 Å². The second-order valence-electron chi connectivity index (χ2n) is 5.20. The van der Waals surface area contributed by atoms with Gasteiger partial charge in [0.1, 0.15) is 0 Å². The van der Waals surface area contributed by atoms with Gasteiger partial charge in [-0.2, -0.15) is 5.10 Å². The van der Waals surface area contributed by atoms with E-state index < -0.39 is 0 Å². The lowest BCUT2D eigenvalue weighted by molar-refractivity contribution is 0.108. The van der Waals surface area contributed by atoms with Gasteiger partial charge in [-0.15, -0.1) is 0 Å². The molecule has 0 atom stereocenters. The Morgan fingerprint density at radius 3 is 2.85 bits per heavy atom. The van der Waals surface area contributed by atoms with Crippen LogP contribution >= 0.6 is 15.9 Å².